The summed E-state index contributed by atoms with van der Waals surface area (Å²) in [6.07, 6.45) is 1.64. The Bertz CT molecular complexity index is 836. The average Bonchev–Trinajstić information content (AvgIpc) is 3.16. The largest absolute Gasteiger partial charge is 0.361 e. The summed E-state index contributed by atoms with van der Waals surface area (Å²) in [7, 11) is 0. The normalized spacial score (nSPS) is 19.3. The predicted molar refractivity (Wildman–Crippen MR) is 88.8 cm³/mol. The van der Waals surface area contributed by atoms with Gasteiger partial charge in [-0.15, -0.1) is 15.3 Å². The van der Waals surface area contributed by atoms with E-state index in [2.05, 4.69) is 37.2 Å². The SMILES string of the molecule is Cc1noc(C)c1CN1CCN(c2ccc3nncn3n2)C(C)C1. The van der Waals surface area contributed by atoms with Crippen molar-refractivity contribution < 1.29 is 4.52 Å². The van der Waals surface area contributed by atoms with Crippen molar-refractivity contribution >= 4 is 11.5 Å². The molecule has 126 valence electrons. The highest BCUT2D eigenvalue weighted by molar-refractivity contribution is 5.46. The van der Waals surface area contributed by atoms with E-state index in [0.717, 1.165) is 49.1 Å². The Hall–Kier alpha value is -2.48. The third kappa shape index (κ3) is 2.62. The second-order valence-electron chi connectivity index (χ2n) is 6.41. The Balaban J connectivity index is 1.48. The number of hydrogen-bond acceptors (Lipinski definition) is 7. The van der Waals surface area contributed by atoms with Gasteiger partial charge in [-0.2, -0.15) is 4.52 Å². The maximum absolute atomic E-state index is 5.28. The molecule has 0 aromatic carbocycles. The summed E-state index contributed by atoms with van der Waals surface area (Å²) >= 11 is 0. The van der Waals surface area contributed by atoms with Gasteiger partial charge in [-0.3, -0.25) is 4.90 Å². The van der Waals surface area contributed by atoms with E-state index in [1.807, 2.05) is 26.0 Å². The van der Waals surface area contributed by atoms with Gasteiger partial charge in [-0.1, -0.05) is 5.16 Å². The van der Waals surface area contributed by atoms with Gasteiger partial charge in [0, 0.05) is 37.8 Å². The molecule has 8 nitrogen and oxygen atoms in total. The van der Waals surface area contributed by atoms with E-state index in [4.69, 9.17) is 4.52 Å². The molecule has 1 saturated heterocycles. The molecule has 1 fully saturated rings. The zero-order chi connectivity index (χ0) is 16.7. The van der Waals surface area contributed by atoms with E-state index >= 15 is 0 Å². The van der Waals surface area contributed by atoms with Crippen LogP contribution >= 0.6 is 0 Å². The summed E-state index contributed by atoms with van der Waals surface area (Å²) < 4.78 is 7.00. The van der Waals surface area contributed by atoms with E-state index in [1.54, 1.807) is 10.8 Å². The van der Waals surface area contributed by atoms with Crippen molar-refractivity contribution in [1.82, 2.24) is 29.9 Å². The third-order valence-electron chi connectivity index (χ3n) is 4.72. The van der Waals surface area contributed by atoms with Gasteiger partial charge in [0.1, 0.15) is 17.9 Å². The van der Waals surface area contributed by atoms with Crippen LogP contribution in [0.4, 0.5) is 5.82 Å². The first kappa shape index (κ1) is 15.1. The van der Waals surface area contributed by atoms with Crippen LogP contribution in [0.1, 0.15) is 23.9 Å². The number of aromatic nitrogens is 5. The van der Waals surface area contributed by atoms with Crippen LogP contribution in [0.3, 0.4) is 0 Å². The van der Waals surface area contributed by atoms with Crippen molar-refractivity contribution in [2.75, 3.05) is 24.5 Å². The van der Waals surface area contributed by atoms with Crippen molar-refractivity contribution in [3.8, 4) is 0 Å². The summed E-state index contributed by atoms with van der Waals surface area (Å²) in [5, 5.41) is 16.6. The van der Waals surface area contributed by atoms with Crippen LogP contribution in [0.2, 0.25) is 0 Å². The van der Waals surface area contributed by atoms with Crippen LogP contribution in [-0.4, -0.2) is 55.5 Å². The van der Waals surface area contributed by atoms with Gasteiger partial charge in [-0.25, -0.2) is 0 Å². The van der Waals surface area contributed by atoms with Crippen LogP contribution in [-0.2, 0) is 6.54 Å². The molecular weight excluding hydrogens is 306 g/mol. The minimum absolute atomic E-state index is 0.376. The molecule has 0 aliphatic carbocycles. The molecule has 1 atom stereocenters. The van der Waals surface area contributed by atoms with Gasteiger partial charge in [0.15, 0.2) is 5.65 Å². The molecule has 0 bridgehead atoms. The number of anilines is 1. The average molecular weight is 327 g/mol. The Labute approximate surface area is 140 Å². The summed E-state index contributed by atoms with van der Waals surface area (Å²) in [4.78, 5) is 4.79. The maximum Gasteiger partial charge on any atom is 0.177 e. The fourth-order valence-corrected chi connectivity index (χ4v) is 3.34. The molecular formula is C16H21N7O. The molecule has 4 rings (SSSR count). The molecule has 0 N–H and O–H groups in total. The van der Waals surface area contributed by atoms with Crippen LogP contribution in [0.5, 0.6) is 0 Å². The number of hydrogen-bond donors (Lipinski definition) is 0. The summed E-state index contributed by atoms with van der Waals surface area (Å²) in [5.41, 5.74) is 2.96. The van der Waals surface area contributed by atoms with E-state index in [0.29, 0.717) is 6.04 Å². The van der Waals surface area contributed by atoms with Crippen molar-refractivity contribution in [1.29, 1.82) is 0 Å². The Morgan fingerprint density at radius 1 is 1.25 bits per heavy atom. The quantitative estimate of drug-likeness (QED) is 0.720. The molecule has 8 heteroatoms. The number of fused-ring (bicyclic) bond motifs is 1. The zero-order valence-corrected chi connectivity index (χ0v) is 14.2. The van der Waals surface area contributed by atoms with Crippen molar-refractivity contribution in [3.63, 3.8) is 0 Å². The molecule has 24 heavy (non-hydrogen) atoms. The van der Waals surface area contributed by atoms with Crippen LogP contribution in [0.25, 0.3) is 5.65 Å². The topological polar surface area (TPSA) is 75.6 Å². The van der Waals surface area contributed by atoms with Gasteiger partial charge >= 0.3 is 0 Å². The lowest BCUT2D eigenvalue weighted by atomic mass is 10.1. The molecule has 4 heterocycles. The third-order valence-corrected chi connectivity index (χ3v) is 4.72. The molecule has 0 radical (unpaired) electrons. The highest BCUT2D eigenvalue weighted by Crippen LogP contribution is 2.21. The van der Waals surface area contributed by atoms with Gasteiger partial charge in [-0.05, 0) is 32.9 Å². The molecule has 3 aromatic heterocycles. The van der Waals surface area contributed by atoms with E-state index < -0.39 is 0 Å². The van der Waals surface area contributed by atoms with Crippen LogP contribution in [0, 0.1) is 13.8 Å². The number of rotatable bonds is 3. The van der Waals surface area contributed by atoms with Crippen molar-refractivity contribution in [3.05, 3.63) is 35.5 Å². The highest BCUT2D eigenvalue weighted by atomic mass is 16.5. The molecule has 1 unspecified atom stereocenters. The maximum atomic E-state index is 5.28. The lowest BCUT2D eigenvalue weighted by Gasteiger charge is -2.40. The molecule has 3 aromatic rings. The van der Waals surface area contributed by atoms with E-state index in [-0.39, 0.29) is 0 Å². The molecule has 1 aliphatic rings. The van der Waals surface area contributed by atoms with Crippen LogP contribution < -0.4 is 4.90 Å². The van der Waals surface area contributed by atoms with E-state index in [1.165, 1.54) is 5.56 Å². The first-order valence-electron chi connectivity index (χ1n) is 8.19. The number of nitrogens with zero attached hydrogens (tertiary/aromatic N) is 7. The lowest BCUT2D eigenvalue weighted by Crippen LogP contribution is -2.52. The Morgan fingerprint density at radius 2 is 2.12 bits per heavy atom. The minimum Gasteiger partial charge on any atom is -0.361 e. The van der Waals surface area contributed by atoms with Gasteiger partial charge in [0.2, 0.25) is 0 Å². The zero-order valence-electron chi connectivity index (χ0n) is 14.2. The molecule has 0 amide bonds. The van der Waals surface area contributed by atoms with Crippen molar-refractivity contribution in [2.24, 2.45) is 0 Å². The fourth-order valence-electron chi connectivity index (χ4n) is 3.34. The summed E-state index contributed by atoms with van der Waals surface area (Å²) in [6, 6.07) is 4.35. The summed E-state index contributed by atoms with van der Waals surface area (Å²) in [6.45, 7) is 10.00. The van der Waals surface area contributed by atoms with E-state index in [9.17, 15) is 0 Å². The second kappa shape index (κ2) is 5.86. The lowest BCUT2D eigenvalue weighted by molar-refractivity contribution is 0.218. The van der Waals surface area contributed by atoms with Crippen molar-refractivity contribution in [2.45, 2.75) is 33.4 Å². The first-order valence-corrected chi connectivity index (χ1v) is 8.19. The Morgan fingerprint density at radius 3 is 2.88 bits per heavy atom. The van der Waals surface area contributed by atoms with Gasteiger partial charge in [0.25, 0.3) is 0 Å². The standard InChI is InChI=1S/C16H21N7O/c1-11-8-21(9-14-12(2)20-24-13(14)3)6-7-22(11)16-5-4-15-18-17-10-23(15)19-16/h4-5,10-11H,6-9H2,1-3H3. The monoisotopic (exact) mass is 327 g/mol. The number of aryl methyl sites for hydroxylation is 2. The first-order chi connectivity index (χ1) is 11.6. The highest BCUT2D eigenvalue weighted by Gasteiger charge is 2.26. The van der Waals surface area contributed by atoms with Gasteiger partial charge < -0.3 is 9.42 Å². The smallest absolute Gasteiger partial charge is 0.177 e. The fraction of sp³-hybridized carbons (Fsp3) is 0.500. The minimum atomic E-state index is 0.376. The molecule has 0 saturated carbocycles. The van der Waals surface area contributed by atoms with Gasteiger partial charge in [0.05, 0.1) is 5.69 Å². The Kier molecular flexibility index (Phi) is 3.68. The predicted octanol–water partition coefficient (Wildman–Crippen LogP) is 1.44. The summed E-state index contributed by atoms with van der Waals surface area (Å²) in [5.74, 6) is 1.88. The molecule has 1 aliphatic heterocycles. The second-order valence-corrected chi connectivity index (χ2v) is 6.41. The number of piperazine rings is 1. The molecule has 0 spiro atoms. The van der Waals surface area contributed by atoms with Crippen LogP contribution in [0.15, 0.2) is 23.0 Å².